The Morgan fingerprint density at radius 2 is 0.929 bits per heavy atom. The Bertz CT molecular complexity index is 773. The summed E-state index contributed by atoms with van der Waals surface area (Å²) in [4.78, 5) is 47.5. The molecule has 244 valence electrons. The largest absolute Gasteiger partial charge is 0.394 e. The Kier molecular flexibility index (Phi) is 22.4. The maximum atomic E-state index is 12.1. The lowest BCUT2D eigenvalue weighted by molar-refractivity contribution is -0.205. The number of carbonyl (C=O) groups excluding carboxylic acids is 4. The highest BCUT2D eigenvalue weighted by Gasteiger charge is 2.43. The predicted molar refractivity (Wildman–Crippen MR) is 164 cm³/mol. The molecule has 0 radical (unpaired) electrons. The number of ketones is 4. The lowest BCUT2D eigenvalue weighted by Crippen LogP contribution is -2.57. The number of hydrogen-bond donors (Lipinski definition) is 4. The minimum Gasteiger partial charge on any atom is -0.394 e. The fraction of sp³-hybridized carbons (Fsp3) is 0.875. The number of carbonyl (C=O) groups is 4. The van der Waals surface area contributed by atoms with Crippen molar-refractivity contribution in [2.75, 3.05) is 12.4 Å². The molecule has 0 bridgehead atoms. The minimum absolute atomic E-state index is 0.240. The van der Waals surface area contributed by atoms with Crippen molar-refractivity contribution in [3.05, 3.63) is 0 Å². The number of rotatable bonds is 27. The highest BCUT2D eigenvalue weighted by Crippen LogP contribution is 2.29. The highest BCUT2D eigenvalue weighted by molar-refractivity contribution is 7.99. The summed E-state index contributed by atoms with van der Waals surface area (Å²) >= 11 is 1.34. The van der Waals surface area contributed by atoms with Gasteiger partial charge in [-0.2, -0.15) is 0 Å². The van der Waals surface area contributed by atoms with Gasteiger partial charge in [0.05, 0.1) is 6.61 Å². The average molecular weight is 617 g/mol. The molecule has 1 heterocycles. The van der Waals surface area contributed by atoms with Gasteiger partial charge >= 0.3 is 0 Å². The van der Waals surface area contributed by atoms with E-state index < -0.39 is 36.5 Å². The maximum absolute atomic E-state index is 12.1. The zero-order valence-electron chi connectivity index (χ0n) is 25.7. The number of unbranched alkanes of at least 4 members (excludes halogenated alkanes) is 8. The third-order valence-corrected chi connectivity index (χ3v) is 9.10. The molecule has 0 amide bonds. The Labute approximate surface area is 256 Å². The quantitative estimate of drug-likeness (QED) is 0.0960. The lowest BCUT2D eigenvalue weighted by atomic mass is 10.0. The first kappa shape index (κ1) is 38.9. The summed E-state index contributed by atoms with van der Waals surface area (Å²) in [5.41, 5.74) is -0.708. The second kappa shape index (κ2) is 24.2. The molecule has 1 rings (SSSR count). The van der Waals surface area contributed by atoms with Crippen molar-refractivity contribution >= 4 is 34.9 Å². The third kappa shape index (κ3) is 17.8. The molecule has 5 atom stereocenters. The molecule has 0 spiro atoms. The minimum atomic E-state index is -1.35. The Morgan fingerprint density at radius 1 is 0.548 bits per heavy atom. The summed E-state index contributed by atoms with van der Waals surface area (Å²) in [5.74, 6) is 1.74. The molecular formula is C32H56O9S. The molecule has 1 aliphatic heterocycles. The van der Waals surface area contributed by atoms with Crippen LogP contribution in [0, 0.1) is 0 Å². The number of hydrogen-bond acceptors (Lipinski definition) is 10. The first-order valence-corrected chi connectivity index (χ1v) is 17.2. The molecule has 42 heavy (non-hydrogen) atoms. The molecule has 9 nitrogen and oxygen atoms in total. The first-order chi connectivity index (χ1) is 20.2. The van der Waals surface area contributed by atoms with Crippen LogP contribution in [0.3, 0.4) is 0 Å². The molecule has 5 unspecified atom stereocenters. The van der Waals surface area contributed by atoms with Crippen molar-refractivity contribution in [2.24, 2.45) is 0 Å². The van der Waals surface area contributed by atoms with Crippen LogP contribution in [-0.4, -0.2) is 85.8 Å². The van der Waals surface area contributed by atoms with Crippen molar-refractivity contribution in [1.29, 1.82) is 0 Å². The first-order valence-electron chi connectivity index (χ1n) is 16.2. The van der Waals surface area contributed by atoms with Crippen LogP contribution in [0.25, 0.3) is 0 Å². The Balaban J connectivity index is 1.92. The van der Waals surface area contributed by atoms with E-state index in [9.17, 15) is 39.6 Å². The molecule has 0 aromatic heterocycles. The van der Waals surface area contributed by atoms with Crippen molar-refractivity contribution in [3.8, 4) is 0 Å². The Hall–Kier alpha value is -1.17. The van der Waals surface area contributed by atoms with Crippen LogP contribution >= 0.6 is 11.8 Å². The van der Waals surface area contributed by atoms with Gasteiger partial charge in [0.2, 0.25) is 0 Å². The van der Waals surface area contributed by atoms with Gasteiger partial charge in [0, 0.05) is 51.4 Å². The van der Waals surface area contributed by atoms with Gasteiger partial charge in [-0.15, -0.1) is 11.8 Å². The smallest absolute Gasteiger partial charge is 0.132 e. The topological polar surface area (TPSA) is 158 Å². The molecule has 10 heteroatoms. The molecule has 0 saturated carbocycles. The number of ether oxygens (including phenoxy) is 1. The van der Waals surface area contributed by atoms with E-state index in [1.807, 2.05) is 6.92 Å². The van der Waals surface area contributed by atoms with Gasteiger partial charge < -0.3 is 25.2 Å². The monoisotopic (exact) mass is 616 g/mol. The van der Waals surface area contributed by atoms with Gasteiger partial charge in [-0.05, 0) is 57.1 Å². The molecule has 1 saturated heterocycles. The third-order valence-electron chi connectivity index (χ3n) is 7.86. The van der Waals surface area contributed by atoms with Gasteiger partial charge in [-0.1, -0.05) is 32.6 Å². The van der Waals surface area contributed by atoms with Gasteiger partial charge in [0.1, 0.15) is 53.0 Å². The summed E-state index contributed by atoms with van der Waals surface area (Å²) in [5, 5.41) is 39.0. The summed E-state index contributed by atoms with van der Waals surface area (Å²) in [7, 11) is 0. The number of aliphatic hydroxyl groups is 4. The number of aliphatic hydroxyl groups excluding tert-OH is 4. The number of thioether (sulfide) groups is 1. The van der Waals surface area contributed by atoms with Crippen molar-refractivity contribution in [2.45, 2.75) is 165 Å². The van der Waals surface area contributed by atoms with E-state index in [1.54, 1.807) is 0 Å². The van der Waals surface area contributed by atoms with Crippen molar-refractivity contribution in [3.63, 3.8) is 0 Å². The van der Waals surface area contributed by atoms with Gasteiger partial charge in [0.25, 0.3) is 0 Å². The zero-order chi connectivity index (χ0) is 31.2. The standard InChI is InChI=1S/C32H56O9S/c1-2-24(34)15-7-3-8-16-25(35)17-9-4-10-18-26(36)19-11-5-12-20-27(37)21-13-6-14-22-42-32-31(40)30(39)29(38)28(23-33)41-32/h28-33,38-40H,2-23H2,1H3. The van der Waals surface area contributed by atoms with Crippen LogP contribution in [-0.2, 0) is 23.9 Å². The SMILES string of the molecule is CCC(=O)CCCCCC(=O)CCCCCC(=O)CCCCCC(=O)CCCCCSC1OC(CO)C(O)C(O)C1O. The second-order valence-corrected chi connectivity index (χ2v) is 12.8. The van der Waals surface area contributed by atoms with Crippen LogP contribution in [0.2, 0.25) is 0 Å². The molecule has 0 aliphatic carbocycles. The predicted octanol–water partition coefficient (Wildman–Crippen LogP) is 4.62. The van der Waals surface area contributed by atoms with E-state index >= 15 is 0 Å². The van der Waals surface area contributed by atoms with Crippen LogP contribution in [0.5, 0.6) is 0 Å². The van der Waals surface area contributed by atoms with Gasteiger partial charge in [0.15, 0.2) is 0 Å². The summed E-state index contributed by atoms with van der Waals surface area (Å²) < 4.78 is 5.47. The van der Waals surface area contributed by atoms with Crippen molar-refractivity contribution < 1.29 is 44.3 Å². The van der Waals surface area contributed by atoms with Crippen LogP contribution in [0.4, 0.5) is 0 Å². The van der Waals surface area contributed by atoms with E-state index in [1.165, 1.54) is 11.8 Å². The maximum Gasteiger partial charge on any atom is 0.132 e. The van der Waals surface area contributed by atoms with E-state index in [-0.39, 0.29) is 23.1 Å². The Morgan fingerprint density at radius 3 is 1.31 bits per heavy atom. The summed E-state index contributed by atoms with van der Waals surface area (Å²) in [6, 6.07) is 0. The highest BCUT2D eigenvalue weighted by atomic mass is 32.2. The van der Waals surface area contributed by atoms with Crippen LogP contribution in [0.1, 0.15) is 135 Å². The van der Waals surface area contributed by atoms with Gasteiger partial charge in [-0.3, -0.25) is 19.2 Å². The van der Waals surface area contributed by atoms with Crippen LogP contribution < -0.4 is 0 Å². The fourth-order valence-corrected chi connectivity index (χ4v) is 6.20. The molecule has 0 aromatic carbocycles. The molecule has 1 fully saturated rings. The second-order valence-electron chi connectivity index (χ2n) is 11.6. The summed E-state index contributed by atoms with van der Waals surface area (Å²) in [6.07, 6.45) is 9.95. The van der Waals surface area contributed by atoms with E-state index in [2.05, 4.69) is 0 Å². The van der Waals surface area contributed by atoms with E-state index in [4.69, 9.17) is 4.74 Å². The van der Waals surface area contributed by atoms with Gasteiger partial charge in [-0.25, -0.2) is 0 Å². The lowest BCUT2D eigenvalue weighted by Gasteiger charge is -2.39. The normalized spacial score (nSPS) is 22.3. The molecule has 4 N–H and O–H groups in total. The average Bonchev–Trinajstić information content (AvgIpc) is 2.97. The number of Topliss-reactive ketones (excluding diaryl/α,β-unsaturated/α-hetero) is 4. The zero-order valence-corrected chi connectivity index (χ0v) is 26.5. The van der Waals surface area contributed by atoms with Crippen molar-refractivity contribution in [1.82, 2.24) is 0 Å². The van der Waals surface area contributed by atoms with E-state index in [0.29, 0.717) is 57.1 Å². The molecule has 1 aliphatic rings. The summed E-state index contributed by atoms with van der Waals surface area (Å²) in [6.45, 7) is 1.44. The molecular weight excluding hydrogens is 560 g/mol. The molecule has 0 aromatic rings. The van der Waals surface area contributed by atoms with E-state index in [0.717, 1.165) is 77.0 Å². The fourth-order valence-electron chi connectivity index (χ4n) is 5.02. The van der Waals surface area contributed by atoms with Crippen LogP contribution in [0.15, 0.2) is 0 Å².